The van der Waals surface area contributed by atoms with E-state index < -0.39 is 0 Å². The first-order chi connectivity index (χ1) is 12.1. The van der Waals surface area contributed by atoms with Gasteiger partial charge in [-0.25, -0.2) is 0 Å². The second kappa shape index (κ2) is 12.3. The molecular formula is C22H32N2O. The number of benzene rings is 1. The SMILES string of the molecule is C=CC(=C)/C(=C\NCC)CCN(CCO)Cc1ccc(/C=C/C)cc1. The van der Waals surface area contributed by atoms with Crippen molar-refractivity contribution in [3.8, 4) is 0 Å². The Kier molecular flexibility index (Phi) is 10.3. The minimum Gasteiger partial charge on any atom is -0.395 e. The highest BCUT2D eigenvalue weighted by Crippen LogP contribution is 2.15. The molecule has 0 aliphatic heterocycles. The topological polar surface area (TPSA) is 35.5 Å². The van der Waals surface area contributed by atoms with Gasteiger partial charge in [0.25, 0.3) is 0 Å². The number of rotatable bonds is 12. The quantitative estimate of drug-likeness (QED) is 0.561. The van der Waals surface area contributed by atoms with Gasteiger partial charge in [0.2, 0.25) is 0 Å². The maximum Gasteiger partial charge on any atom is 0.0558 e. The van der Waals surface area contributed by atoms with Gasteiger partial charge in [0, 0.05) is 32.4 Å². The normalized spacial score (nSPS) is 11.9. The van der Waals surface area contributed by atoms with Crippen LogP contribution in [0, 0.1) is 0 Å². The minimum atomic E-state index is 0.158. The number of hydrogen-bond acceptors (Lipinski definition) is 3. The molecule has 0 amide bonds. The van der Waals surface area contributed by atoms with Crippen molar-refractivity contribution in [2.45, 2.75) is 26.8 Å². The summed E-state index contributed by atoms with van der Waals surface area (Å²) in [6.45, 7) is 15.4. The molecule has 25 heavy (non-hydrogen) atoms. The average molecular weight is 341 g/mol. The molecule has 0 bridgehead atoms. The highest BCUT2D eigenvalue weighted by atomic mass is 16.3. The molecule has 0 radical (unpaired) electrons. The zero-order valence-corrected chi connectivity index (χ0v) is 15.7. The van der Waals surface area contributed by atoms with Crippen molar-refractivity contribution in [2.24, 2.45) is 0 Å². The van der Waals surface area contributed by atoms with Crippen LogP contribution in [0.2, 0.25) is 0 Å². The highest BCUT2D eigenvalue weighted by Gasteiger charge is 2.08. The third kappa shape index (κ3) is 8.01. The summed E-state index contributed by atoms with van der Waals surface area (Å²) in [5.41, 5.74) is 4.56. The molecule has 3 nitrogen and oxygen atoms in total. The van der Waals surface area contributed by atoms with Crippen LogP contribution in [0.1, 0.15) is 31.4 Å². The summed E-state index contributed by atoms with van der Waals surface area (Å²) in [4.78, 5) is 2.26. The molecule has 0 heterocycles. The van der Waals surface area contributed by atoms with E-state index in [1.54, 1.807) is 6.08 Å². The van der Waals surface area contributed by atoms with E-state index in [2.05, 4.69) is 60.6 Å². The maximum atomic E-state index is 9.38. The fraction of sp³-hybridized carbons (Fsp3) is 0.364. The Morgan fingerprint density at radius 2 is 1.96 bits per heavy atom. The zero-order valence-electron chi connectivity index (χ0n) is 15.7. The van der Waals surface area contributed by atoms with Crippen molar-refractivity contribution in [3.63, 3.8) is 0 Å². The molecule has 1 rings (SSSR count). The van der Waals surface area contributed by atoms with Crippen LogP contribution in [-0.4, -0.2) is 36.2 Å². The first-order valence-corrected chi connectivity index (χ1v) is 8.93. The van der Waals surface area contributed by atoms with E-state index in [1.807, 2.05) is 19.2 Å². The molecule has 1 aromatic carbocycles. The van der Waals surface area contributed by atoms with Gasteiger partial charge in [-0.1, -0.05) is 55.7 Å². The number of nitrogens with zero attached hydrogens (tertiary/aromatic N) is 1. The molecule has 3 heteroatoms. The largest absolute Gasteiger partial charge is 0.395 e. The van der Waals surface area contributed by atoms with Crippen molar-refractivity contribution in [3.05, 3.63) is 78.0 Å². The monoisotopic (exact) mass is 340 g/mol. The molecule has 0 spiro atoms. The minimum absolute atomic E-state index is 0.158. The zero-order chi connectivity index (χ0) is 18.5. The summed E-state index contributed by atoms with van der Waals surface area (Å²) >= 11 is 0. The van der Waals surface area contributed by atoms with Crippen LogP contribution in [0.5, 0.6) is 0 Å². The third-order valence-electron chi connectivity index (χ3n) is 4.00. The molecule has 0 saturated carbocycles. The number of aliphatic hydroxyl groups excluding tert-OH is 1. The molecular weight excluding hydrogens is 308 g/mol. The van der Waals surface area contributed by atoms with Crippen molar-refractivity contribution >= 4 is 6.08 Å². The molecule has 0 unspecified atom stereocenters. The maximum absolute atomic E-state index is 9.38. The first kappa shape index (κ1) is 20.9. The lowest BCUT2D eigenvalue weighted by molar-refractivity contribution is 0.192. The molecule has 0 aliphatic rings. The van der Waals surface area contributed by atoms with Gasteiger partial charge in [-0.15, -0.1) is 0 Å². The van der Waals surface area contributed by atoms with Crippen LogP contribution in [0.15, 0.2) is 66.9 Å². The smallest absolute Gasteiger partial charge is 0.0558 e. The summed E-state index contributed by atoms with van der Waals surface area (Å²) in [7, 11) is 0. The van der Waals surface area contributed by atoms with Gasteiger partial charge in [-0.05, 0) is 42.5 Å². The number of hydrogen-bond donors (Lipinski definition) is 2. The van der Waals surface area contributed by atoms with Crippen molar-refractivity contribution < 1.29 is 5.11 Å². The van der Waals surface area contributed by atoms with Crippen LogP contribution < -0.4 is 5.32 Å². The van der Waals surface area contributed by atoms with Crippen LogP contribution in [0.4, 0.5) is 0 Å². The molecule has 2 N–H and O–H groups in total. The van der Waals surface area contributed by atoms with Gasteiger partial charge < -0.3 is 10.4 Å². The molecule has 0 atom stereocenters. The Labute approximate surface area is 153 Å². The molecule has 1 aromatic rings. The van der Waals surface area contributed by atoms with E-state index in [9.17, 15) is 5.11 Å². The lowest BCUT2D eigenvalue weighted by atomic mass is 10.0. The fourth-order valence-corrected chi connectivity index (χ4v) is 2.56. The van der Waals surface area contributed by atoms with Crippen LogP contribution in [-0.2, 0) is 6.54 Å². The second-order valence-electron chi connectivity index (χ2n) is 5.95. The van der Waals surface area contributed by atoms with Crippen molar-refractivity contribution in [2.75, 3.05) is 26.2 Å². The standard InChI is InChI=1S/C22H32N2O/c1-5-8-20-9-11-21(12-10-20)18-24(15-16-25)14-13-22(17-23-7-3)19(4)6-2/h5-6,8-12,17,23,25H,2,4,7,13-16,18H2,1,3H3/b8-5+,22-17-. The Bertz CT molecular complexity index is 585. The van der Waals surface area contributed by atoms with E-state index in [1.165, 1.54) is 11.1 Å². The third-order valence-corrected chi connectivity index (χ3v) is 4.00. The Balaban J connectivity index is 2.71. The lowest BCUT2D eigenvalue weighted by Crippen LogP contribution is -2.28. The Morgan fingerprint density at radius 3 is 2.52 bits per heavy atom. The first-order valence-electron chi connectivity index (χ1n) is 8.93. The van der Waals surface area contributed by atoms with Crippen LogP contribution in [0.3, 0.4) is 0 Å². The predicted molar refractivity (Wildman–Crippen MR) is 109 cm³/mol. The van der Waals surface area contributed by atoms with E-state index in [0.29, 0.717) is 6.54 Å². The molecule has 136 valence electrons. The molecule has 0 aliphatic carbocycles. The van der Waals surface area contributed by atoms with E-state index >= 15 is 0 Å². The van der Waals surface area contributed by atoms with Gasteiger partial charge in [0.05, 0.1) is 6.61 Å². The predicted octanol–water partition coefficient (Wildman–Crippen LogP) is 4.14. The second-order valence-corrected chi connectivity index (χ2v) is 5.95. The summed E-state index contributed by atoms with van der Waals surface area (Å²) < 4.78 is 0. The number of nitrogens with one attached hydrogen (secondary N) is 1. The highest BCUT2D eigenvalue weighted by molar-refractivity contribution is 5.49. The van der Waals surface area contributed by atoms with E-state index in [-0.39, 0.29) is 6.61 Å². The summed E-state index contributed by atoms with van der Waals surface area (Å²) in [6.07, 6.45) is 8.81. The van der Waals surface area contributed by atoms with E-state index in [4.69, 9.17) is 0 Å². The Morgan fingerprint density at radius 1 is 1.24 bits per heavy atom. The van der Waals surface area contributed by atoms with Crippen molar-refractivity contribution in [1.82, 2.24) is 10.2 Å². The van der Waals surface area contributed by atoms with Crippen LogP contribution >= 0.6 is 0 Å². The lowest BCUT2D eigenvalue weighted by Gasteiger charge is -2.22. The van der Waals surface area contributed by atoms with Gasteiger partial charge >= 0.3 is 0 Å². The van der Waals surface area contributed by atoms with Gasteiger partial charge in [0.15, 0.2) is 0 Å². The Hall–Kier alpha value is -2.10. The van der Waals surface area contributed by atoms with Gasteiger partial charge in [-0.3, -0.25) is 4.90 Å². The van der Waals surface area contributed by atoms with Gasteiger partial charge in [-0.2, -0.15) is 0 Å². The number of allylic oxidation sites excluding steroid dienone is 3. The van der Waals surface area contributed by atoms with E-state index in [0.717, 1.165) is 37.2 Å². The summed E-state index contributed by atoms with van der Waals surface area (Å²) in [5.74, 6) is 0. The van der Waals surface area contributed by atoms with Crippen LogP contribution in [0.25, 0.3) is 6.08 Å². The molecule has 0 saturated heterocycles. The molecule has 0 aromatic heterocycles. The summed E-state index contributed by atoms with van der Waals surface area (Å²) in [5, 5.41) is 12.6. The van der Waals surface area contributed by atoms with Gasteiger partial charge in [0.1, 0.15) is 0 Å². The number of aliphatic hydroxyl groups is 1. The molecule has 0 fully saturated rings. The summed E-state index contributed by atoms with van der Waals surface area (Å²) in [6, 6.07) is 8.56. The average Bonchev–Trinajstić information content (AvgIpc) is 2.63. The van der Waals surface area contributed by atoms with Crippen molar-refractivity contribution in [1.29, 1.82) is 0 Å². The fourth-order valence-electron chi connectivity index (χ4n) is 2.56.